The molecule has 26 heavy (non-hydrogen) atoms. The van der Waals surface area contributed by atoms with E-state index in [2.05, 4.69) is 41.0 Å². The summed E-state index contributed by atoms with van der Waals surface area (Å²) in [6.07, 6.45) is 7.15. The molecule has 2 rings (SSSR count). The fourth-order valence-corrected chi connectivity index (χ4v) is 3.31. The van der Waals surface area contributed by atoms with Crippen LogP contribution in [0.25, 0.3) is 0 Å². The molecular weight excluding hydrogens is 330 g/mol. The molecule has 7 nitrogen and oxygen atoms in total. The molecule has 1 saturated carbocycles. The lowest BCUT2D eigenvalue weighted by atomic mass is 9.84. The van der Waals surface area contributed by atoms with Gasteiger partial charge in [-0.25, -0.2) is 4.68 Å². The predicted molar refractivity (Wildman–Crippen MR) is 102 cm³/mol. The molecule has 0 saturated heterocycles. The Morgan fingerprint density at radius 1 is 1.27 bits per heavy atom. The lowest BCUT2D eigenvalue weighted by molar-refractivity contribution is -0.122. The van der Waals surface area contributed by atoms with Crippen molar-refractivity contribution in [2.45, 2.75) is 84.5 Å². The Hall–Kier alpha value is -1.47. The molecule has 0 bridgehead atoms. The van der Waals surface area contributed by atoms with Gasteiger partial charge in [0.05, 0.1) is 30.6 Å². The SMILES string of the molecule is CC(C)NCc1cn(C2CCC(CC(=O)NCCOC(C)C)CC2)nn1. The van der Waals surface area contributed by atoms with E-state index < -0.39 is 0 Å². The van der Waals surface area contributed by atoms with Gasteiger partial charge >= 0.3 is 0 Å². The molecule has 1 aliphatic rings. The molecule has 148 valence electrons. The first-order chi connectivity index (χ1) is 12.4. The molecule has 1 aromatic heterocycles. The van der Waals surface area contributed by atoms with Gasteiger partial charge in [0.2, 0.25) is 5.91 Å². The molecule has 1 aromatic rings. The minimum atomic E-state index is 0.142. The lowest BCUT2D eigenvalue weighted by Gasteiger charge is -2.28. The van der Waals surface area contributed by atoms with E-state index in [0.717, 1.165) is 37.9 Å². The second-order valence-electron chi connectivity index (χ2n) is 7.87. The van der Waals surface area contributed by atoms with Crippen molar-refractivity contribution in [1.29, 1.82) is 0 Å². The van der Waals surface area contributed by atoms with Gasteiger partial charge in [-0.1, -0.05) is 19.1 Å². The first kappa shape index (κ1) is 20.8. The molecule has 1 amide bonds. The Morgan fingerprint density at radius 3 is 2.65 bits per heavy atom. The second-order valence-corrected chi connectivity index (χ2v) is 7.87. The molecule has 1 aliphatic carbocycles. The molecule has 1 fully saturated rings. The van der Waals surface area contributed by atoms with Crippen LogP contribution in [0.3, 0.4) is 0 Å². The molecule has 0 spiro atoms. The first-order valence-electron chi connectivity index (χ1n) is 9.96. The maximum absolute atomic E-state index is 12.0. The van der Waals surface area contributed by atoms with Crippen molar-refractivity contribution >= 4 is 5.91 Å². The maximum atomic E-state index is 12.0. The van der Waals surface area contributed by atoms with Gasteiger partial charge in [0.1, 0.15) is 0 Å². The van der Waals surface area contributed by atoms with E-state index in [-0.39, 0.29) is 12.0 Å². The number of aromatic nitrogens is 3. The average molecular weight is 366 g/mol. The van der Waals surface area contributed by atoms with Crippen molar-refractivity contribution in [1.82, 2.24) is 25.6 Å². The molecule has 0 aromatic carbocycles. The topological polar surface area (TPSA) is 81.1 Å². The Kier molecular flexibility index (Phi) is 8.51. The number of amides is 1. The first-order valence-corrected chi connectivity index (χ1v) is 9.96. The second kappa shape index (κ2) is 10.6. The van der Waals surface area contributed by atoms with E-state index in [1.807, 2.05) is 18.5 Å². The van der Waals surface area contributed by atoms with Crippen LogP contribution in [0.5, 0.6) is 0 Å². The van der Waals surface area contributed by atoms with Gasteiger partial charge in [-0.2, -0.15) is 0 Å². The summed E-state index contributed by atoms with van der Waals surface area (Å²) in [4.78, 5) is 12.0. The van der Waals surface area contributed by atoms with Crippen molar-refractivity contribution in [3.63, 3.8) is 0 Å². The predicted octanol–water partition coefficient (Wildman–Crippen LogP) is 2.44. The summed E-state index contributed by atoms with van der Waals surface area (Å²) in [6, 6.07) is 0.854. The highest BCUT2D eigenvalue weighted by molar-refractivity contribution is 5.76. The summed E-state index contributed by atoms with van der Waals surface area (Å²) in [7, 11) is 0. The Bertz CT molecular complexity index is 536. The largest absolute Gasteiger partial charge is 0.377 e. The third kappa shape index (κ3) is 7.41. The van der Waals surface area contributed by atoms with E-state index in [4.69, 9.17) is 4.74 Å². The van der Waals surface area contributed by atoms with Crippen molar-refractivity contribution in [3.8, 4) is 0 Å². The van der Waals surface area contributed by atoms with Gasteiger partial charge in [0.15, 0.2) is 0 Å². The van der Waals surface area contributed by atoms with Gasteiger partial charge in [-0.05, 0) is 45.4 Å². The van der Waals surface area contributed by atoms with Gasteiger partial charge < -0.3 is 15.4 Å². The Balaban J connectivity index is 1.66. The number of hydrogen-bond acceptors (Lipinski definition) is 5. The van der Waals surface area contributed by atoms with Crippen molar-refractivity contribution in [3.05, 3.63) is 11.9 Å². The highest BCUT2D eigenvalue weighted by atomic mass is 16.5. The summed E-state index contributed by atoms with van der Waals surface area (Å²) < 4.78 is 7.45. The van der Waals surface area contributed by atoms with Crippen LogP contribution in [0.15, 0.2) is 6.20 Å². The number of nitrogens with one attached hydrogen (secondary N) is 2. The number of ether oxygens (including phenoxy) is 1. The lowest BCUT2D eigenvalue weighted by Crippen LogP contribution is -2.30. The minimum Gasteiger partial charge on any atom is -0.377 e. The summed E-state index contributed by atoms with van der Waals surface area (Å²) in [5.41, 5.74) is 0.990. The van der Waals surface area contributed by atoms with Crippen molar-refractivity contribution in [2.75, 3.05) is 13.2 Å². The van der Waals surface area contributed by atoms with Crippen LogP contribution in [0.4, 0.5) is 0 Å². The standard InChI is InChI=1S/C19H35N5O2/c1-14(2)21-12-17-13-24(23-22-17)18-7-5-16(6-8-18)11-19(25)20-9-10-26-15(3)4/h13-16,18,21H,5-12H2,1-4H3,(H,20,25). The van der Waals surface area contributed by atoms with Crippen LogP contribution in [-0.4, -0.2) is 46.2 Å². The molecule has 0 unspecified atom stereocenters. The molecule has 7 heteroatoms. The van der Waals surface area contributed by atoms with Crippen LogP contribution in [-0.2, 0) is 16.1 Å². The quantitative estimate of drug-likeness (QED) is 0.623. The Labute approximate surface area is 157 Å². The number of carbonyl (C=O) groups excluding carboxylic acids is 1. The van der Waals surface area contributed by atoms with Crippen LogP contribution in [0, 0.1) is 5.92 Å². The molecular formula is C19H35N5O2. The average Bonchev–Trinajstić information content (AvgIpc) is 3.06. The van der Waals surface area contributed by atoms with Crippen molar-refractivity contribution < 1.29 is 9.53 Å². The minimum absolute atomic E-state index is 0.142. The van der Waals surface area contributed by atoms with E-state index in [0.29, 0.717) is 37.6 Å². The number of nitrogens with zero attached hydrogens (tertiary/aromatic N) is 3. The Morgan fingerprint density at radius 2 is 2.00 bits per heavy atom. The van der Waals surface area contributed by atoms with Crippen LogP contribution in [0.1, 0.15) is 71.5 Å². The van der Waals surface area contributed by atoms with Gasteiger partial charge in [0.25, 0.3) is 0 Å². The normalized spacial score (nSPS) is 20.7. The molecule has 0 aliphatic heterocycles. The van der Waals surface area contributed by atoms with E-state index in [1.165, 1.54) is 0 Å². The van der Waals surface area contributed by atoms with Gasteiger partial charge in [0, 0.05) is 25.6 Å². The summed E-state index contributed by atoms with van der Waals surface area (Å²) in [5, 5.41) is 14.9. The van der Waals surface area contributed by atoms with Gasteiger partial charge in [-0.3, -0.25) is 4.79 Å². The van der Waals surface area contributed by atoms with E-state index in [1.54, 1.807) is 0 Å². The zero-order valence-corrected chi connectivity index (χ0v) is 16.7. The van der Waals surface area contributed by atoms with Gasteiger partial charge in [-0.15, -0.1) is 5.10 Å². The van der Waals surface area contributed by atoms with Crippen LogP contribution in [0.2, 0.25) is 0 Å². The zero-order valence-electron chi connectivity index (χ0n) is 16.7. The zero-order chi connectivity index (χ0) is 18.9. The van der Waals surface area contributed by atoms with E-state index in [9.17, 15) is 4.79 Å². The molecule has 0 atom stereocenters. The van der Waals surface area contributed by atoms with Crippen molar-refractivity contribution in [2.24, 2.45) is 5.92 Å². The number of hydrogen-bond donors (Lipinski definition) is 2. The van der Waals surface area contributed by atoms with Crippen LogP contribution >= 0.6 is 0 Å². The van der Waals surface area contributed by atoms with Crippen LogP contribution < -0.4 is 10.6 Å². The summed E-state index contributed by atoms with van der Waals surface area (Å²) in [5.74, 6) is 0.617. The molecule has 0 radical (unpaired) electrons. The molecule has 2 N–H and O–H groups in total. The highest BCUT2D eigenvalue weighted by Crippen LogP contribution is 2.33. The highest BCUT2D eigenvalue weighted by Gasteiger charge is 2.24. The van der Waals surface area contributed by atoms with E-state index >= 15 is 0 Å². The third-order valence-electron chi connectivity index (χ3n) is 4.79. The number of rotatable bonds is 10. The summed E-state index contributed by atoms with van der Waals surface area (Å²) >= 11 is 0. The maximum Gasteiger partial charge on any atom is 0.220 e. The fourth-order valence-electron chi connectivity index (χ4n) is 3.31. The monoisotopic (exact) mass is 365 g/mol. The summed E-state index contributed by atoms with van der Waals surface area (Å²) in [6.45, 7) is 10.2. The third-order valence-corrected chi connectivity index (χ3v) is 4.79. The smallest absolute Gasteiger partial charge is 0.220 e. The fraction of sp³-hybridized carbons (Fsp3) is 0.842. The molecule has 1 heterocycles. The number of carbonyl (C=O) groups is 1.